The Morgan fingerprint density at radius 2 is 1.92 bits per heavy atom. The highest BCUT2D eigenvalue weighted by Gasteiger charge is 2.27. The first-order valence-corrected chi connectivity index (χ1v) is 8.80. The maximum Gasteiger partial charge on any atom is 0.131 e. The van der Waals surface area contributed by atoms with Gasteiger partial charge < -0.3 is 9.84 Å². The number of rotatable bonds is 6. The summed E-state index contributed by atoms with van der Waals surface area (Å²) in [4.78, 5) is 0. The fraction of sp³-hybridized carbons (Fsp3) is 0.455. The second kappa shape index (κ2) is 7.74. The van der Waals surface area contributed by atoms with Crippen molar-refractivity contribution in [2.75, 3.05) is 0 Å². The van der Waals surface area contributed by atoms with Gasteiger partial charge >= 0.3 is 0 Å². The highest BCUT2D eigenvalue weighted by molar-refractivity contribution is 5.67. The zero-order chi connectivity index (χ0) is 17.7. The molecule has 0 saturated heterocycles. The van der Waals surface area contributed by atoms with Crippen molar-refractivity contribution in [2.24, 2.45) is 0 Å². The van der Waals surface area contributed by atoms with E-state index in [0.29, 0.717) is 5.75 Å². The van der Waals surface area contributed by atoms with Gasteiger partial charge in [-0.05, 0) is 90.2 Å². The molecular formula is C22H30O2. The molecule has 1 N–H and O–H groups in total. The van der Waals surface area contributed by atoms with Crippen LogP contribution in [0.3, 0.4) is 0 Å². The Labute approximate surface area is 146 Å². The van der Waals surface area contributed by atoms with Crippen molar-refractivity contribution in [3.05, 3.63) is 52.6 Å². The van der Waals surface area contributed by atoms with Gasteiger partial charge in [0.1, 0.15) is 17.1 Å². The van der Waals surface area contributed by atoms with Crippen LogP contribution in [0.1, 0.15) is 64.5 Å². The molecule has 0 unspecified atom stereocenters. The Bertz CT molecular complexity index is 675. The van der Waals surface area contributed by atoms with Gasteiger partial charge in [0.05, 0.1) is 5.56 Å². The van der Waals surface area contributed by atoms with Crippen LogP contribution in [-0.4, -0.2) is 10.7 Å². The normalized spacial score (nSPS) is 19.6. The van der Waals surface area contributed by atoms with Crippen molar-refractivity contribution in [3.63, 3.8) is 0 Å². The molecule has 1 aromatic rings. The van der Waals surface area contributed by atoms with E-state index in [1.54, 1.807) is 6.07 Å². The number of phenols is 1. The first-order chi connectivity index (χ1) is 11.3. The van der Waals surface area contributed by atoms with Crippen LogP contribution in [0.5, 0.6) is 11.5 Å². The summed E-state index contributed by atoms with van der Waals surface area (Å²) in [5, 5.41) is 10.0. The number of fused-ring (bicyclic) bond motifs is 1. The third-order valence-electron chi connectivity index (χ3n) is 4.44. The summed E-state index contributed by atoms with van der Waals surface area (Å²) in [6.45, 7) is 10.6. The Balaban J connectivity index is 1.95. The average molecular weight is 326 g/mol. The Morgan fingerprint density at radius 1 is 1.17 bits per heavy atom. The summed E-state index contributed by atoms with van der Waals surface area (Å²) >= 11 is 0. The topological polar surface area (TPSA) is 29.5 Å². The maximum atomic E-state index is 10.0. The Morgan fingerprint density at radius 3 is 2.62 bits per heavy atom. The van der Waals surface area contributed by atoms with Crippen molar-refractivity contribution in [3.8, 4) is 11.5 Å². The molecule has 0 amide bonds. The third kappa shape index (κ3) is 5.02. The van der Waals surface area contributed by atoms with Gasteiger partial charge in [0.15, 0.2) is 0 Å². The van der Waals surface area contributed by atoms with E-state index in [2.05, 4.69) is 45.9 Å². The first-order valence-electron chi connectivity index (χ1n) is 8.80. The highest BCUT2D eigenvalue weighted by Crippen LogP contribution is 2.38. The molecule has 130 valence electrons. The summed E-state index contributed by atoms with van der Waals surface area (Å²) in [6, 6.07) is 3.77. The van der Waals surface area contributed by atoms with Gasteiger partial charge in [0.25, 0.3) is 0 Å². The number of allylic oxidation sites excluding steroid dienone is 4. The predicted octanol–water partition coefficient (Wildman–Crippen LogP) is 6.34. The van der Waals surface area contributed by atoms with Gasteiger partial charge in [-0.3, -0.25) is 0 Å². The van der Waals surface area contributed by atoms with E-state index < -0.39 is 0 Å². The summed E-state index contributed by atoms with van der Waals surface area (Å²) in [7, 11) is 0. The fourth-order valence-electron chi connectivity index (χ4n) is 2.97. The number of hydrogen-bond donors (Lipinski definition) is 1. The molecule has 2 nitrogen and oxygen atoms in total. The lowest BCUT2D eigenvalue weighted by Crippen LogP contribution is -2.31. The van der Waals surface area contributed by atoms with Crippen LogP contribution in [0.25, 0.3) is 6.08 Å². The molecule has 1 aromatic carbocycles. The minimum atomic E-state index is -0.316. The standard InChI is InChI=1S/C22H30O2/c1-16(2)8-6-9-17(3)10-7-12-22(5)13-11-19-20(23)14-18(4)15-21(19)24-22/h8,10-11,13-15,23H,6-7,9,12H2,1-5H3/t22-/m1/s1. The molecule has 1 heterocycles. The SMILES string of the molecule is CC(C)=CCCC(C)=CCC[C@]1(C)C=Cc2c(O)cc(C)cc2O1. The molecule has 0 aromatic heterocycles. The molecule has 1 aliphatic rings. The third-order valence-corrected chi connectivity index (χ3v) is 4.44. The molecule has 0 radical (unpaired) electrons. The molecule has 0 spiro atoms. The smallest absolute Gasteiger partial charge is 0.131 e. The van der Waals surface area contributed by atoms with E-state index in [1.807, 2.05) is 19.1 Å². The molecule has 1 atom stereocenters. The van der Waals surface area contributed by atoms with E-state index in [4.69, 9.17) is 4.74 Å². The molecule has 0 saturated carbocycles. The summed E-state index contributed by atoms with van der Waals surface area (Å²) in [5.74, 6) is 1.07. The maximum absolute atomic E-state index is 10.0. The molecule has 0 fully saturated rings. The molecular weight excluding hydrogens is 296 g/mol. The van der Waals surface area contributed by atoms with Crippen LogP contribution in [0.2, 0.25) is 0 Å². The number of phenolic OH excluding ortho intramolecular Hbond substituents is 1. The summed E-state index contributed by atoms with van der Waals surface area (Å²) < 4.78 is 6.19. The van der Waals surface area contributed by atoms with Crippen molar-refractivity contribution < 1.29 is 9.84 Å². The number of benzene rings is 1. The Hall–Kier alpha value is -1.96. The van der Waals surface area contributed by atoms with Crippen molar-refractivity contribution in [1.82, 2.24) is 0 Å². The minimum absolute atomic E-state index is 0.290. The number of aryl methyl sites for hydroxylation is 1. The molecule has 24 heavy (non-hydrogen) atoms. The molecule has 0 aliphatic carbocycles. The van der Waals surface area contributed by atoms with Gasteiger partial charge in [-0.1, -0.05) is 23.3 Å². The Kier molecular flexibility index (Phi) is 5.93. The minimum Gasteiger partial charge on any atom is -0.507 e. The second-order valence-electron chi connectivity index (χ2n) is 7.35. The summed E-state index contributed by atoms with van der Waals surface area (Å²) in [6.07, 6.45) is 12.8. The highest BCUT2D eigenvalue weighted by atomic mass is 16.5. The fourth-order valence-corrected chi connectivity index (χ4v) is 2.97. The van der Waals surface area contributed by atoms with Gasteiger partial charge in [0.2, 0.25) is 0 Å². The van der Waals surface area contributed by atoms with Crippen molar-refractivity contribution in [2.45, 2.75) is 65.9 Å². The van der Waals surface area contributed by atoms with Crippen molar-refractivity contribution >= 4 is 6.08 Å². The van der Waals surface area contributed by atoms with Crippen LogP contribution >= 0.6 is 0 Å². The lowest BCUT2D eigenvalue weighted by molar-refractivity contribution is 0.128. The molecule has 1 aliphatic heterocycles. The van der Waals surface area contributed by atoms with Crippen LogP contribution in [-0.2, 0) is 0 Å². The van der Waals surface area contributed by atoms with E-state index in [9.17, 15) is 5.11 Å². The second-order valence-corrected chi connectivity index (χ2v) is 7.35. The monoisotopic (exact) mass is 326 g/mol. The van der Waals surface area contributed by atoms with Crippen LogP contribution < -0.4 is 4.74 Å². The quantitative estimate of drug-likeness (QED) is 0.618. The van der Waals surface area contributed by atoms with Crippen LogP contribution in [0.4, 0.5) is 0 Å². The zero-order valence-corrected chi connectivity index (χ0v) is 15.6. The molecule has 2 heteroatoms. The predicted molar refractivity (Wildman–Crippen MR) is 103 cm³/mol. The van der Waals surface area contributed by atoms with Gasteiger partial charge in [-0.2, -0.15) is 0 Å². The molecule has 2 rings (SSSR count). The van der Waals surface area contributed by atoms with Crippen LogP contribution in [0.15, 0.2) is 41.5 Å². The largest absolute Gasteiger partial charge is 0.507 e. The summed E-state index contributed by atoms with van der Waals surface area (Å²) in [5.41, 5.74) is 4.30. The average Bonchev–Trinajstić information content (AvgIpc) is 2.45. The van der Waals surface area contributed by atoms with Gasteiger partial charge in [-0.25, -0.2) is 0 Å². The van der Waals surface area contributed by atoms with Gasteiger partial charge in [0, 0.05) is 0 Å². The van der Waals surface area contributed by atoms with E-state index >= 15 is 0 Å². The first kappa shape index (κ1) is 18.4. The van der Waals surface area contributed by atoms with E-state index in [-0.39, 0.29) is 5.60 Å². The lowest BCUT2D eigenvalue weighted by Gasteiger charge is -2.32. The van der Waals surface area contributed by atoms with Gasteiger partial charge in [-0.15, -0.1) is 0 Å². The van der Waals surface area contributed by atoms with E-state index in [1.165, 1.54) is 11.1 Å². The number of ether oxygens (including phenoxy) is 1. The number of aromatic hydroxyl groups is 1. The number of hydrogen-bond acceptors (Lipinski definition) is 2. The lowest BCUT2D eigenvalue weighted by atomic mass is 9.93. The van der Waals surface area contributed by atoms with Crippen molar-refractivity contribution in [1.29, 1.82) is 0 Å². The van der Waals surface area contributed by atoms with Crippen LogP contribution in [0, 0.1) is 6.92 Å². The van der Waals surface area contributed by atoms with E-state index in [0.717, 1.165) is 42.6 Å². The zero-order valence-electron chi connectivity index (χ0n) is 15.6. The molecule has 0 bridgehead atoms.